The quantitative estimate of drug-likeness (QED) is 0.664. The number of hydrogen-bond acceptors (Lipinski definition) is 3. The third kappa shape index (κ3) is 4.24. The number of hydrogen-bond donors (Lipinski definition) is 3. The molecule has 0 aromatic heterocycles. The summed E-state index contributed by atoms with van der Waals surface area (Å²) in [5, 5.41) is 14.7. The molecule has 3 aromatic rings. The zero-order chi connectivity index (χ0) is 18.5. The zero-order valence-corrected chi connectivity index (χ0v) is 13.6. The minimum Gasteiger partial charge on any atom is -0.508 e. The minimum atomic E-state index is -0.407. The van der Waals surface area contributed by atoms with Crippen LogP contribution >= 0.6 is 0 Å². The molecule has 0 spiro atoms. The first kappa shape index (κ1) is 17.2. The third-order valence-electron chi connectivity index (χ3n) is 3.64. The summed E-state index contributed by atoms with van der Waals surface area (Å²) in [6.07, 6.45) is 0. The molecule has 3 N–H and O–H groups in total. The first-order valence-electron chi connectivity index (χ1n) is 7.78. The lowest BCUT2D eigenvalue weighted by molar-refractivity contribution is 0.101. The molecule has 130 valence electrons. The highest BCUT2D eigenvalue weighted by atomic mass is 19.1. The number of halogens is 1. The highest BCUT2D eigenvalue weighted by molar-refractivity contribution is 6.05. The van der Waals surface area contributed by atoms with Gasteiger partial charge in [0.1, 0.15) is 11.6 Å². The molecule has 0 atom stereocenters. The molecule has 2 amide bonds. The molecule has 0 aliphatic carbocycles. The van der Waals surface area contributed by atoms with Crippen molar-refractivity contribution >= 4 is 23.2 Å². The molecule has 0 aliphatic rings. The number of phenols is 1. The van der Waals surface area contributed by atoms with Crippen LogP contribution in [-0.2, 0) is 0 Å². The van der Waals surface area contributed by atoms with Gasteiger partial charge >= 0.3 is 0 Å². The van der Waals surface area contributed by atoms with Gasteiger partial charge in [-0.05, 0) is 72.8 Å². The normalized spacial score (nSPS) is 10.2. The number of benzene rings is 3. The number of phenolic OH excluding ortho intramolecular Hbond substituents is 1. The molecule has 0 heterocycles. The van der Waals surface area contributed by atoms with Crippen molar-refractivity contribution in [1.29, 1.82) is 0 Å². The van der Waals surface area contributed by atoms with E-state index in [1.54, 1.807) is 24.3 Å². The Morgan fingerprint density at radius 3 is 1.46 bits per heavy atom. The number of anilines is 2. The topological polar surface area (TPSA) is 78.4 Å². The second kappa shape index (κ2) is 7.48. The molecule has 5 nitrogen and oxygen atoms in total. The smallest absolute Gasteiger partial charge is 0.255 e. The minimum absolute atomic E-state index is 0.0859. The maximum absolute atomic E-state index is 12.9. The van der Waals surface area contributed by atoms with E-state index >= 15 is 0 Å². The second-order valence-corrected chi connectivity index (χ2v) is 5.54. The van der Waals surface area contributed by atoms with Crippen LogP contribution in [0.4, 0.5) is 15.8 Å². The Labute approximate surface area is 149 Å². The van der Waals surface area contributed by atoms with Crippen molar-refractivity contribution in [2.45, 2.75) is 0 Å². The van der Waals surface area contributed by atoms with E-state index in [1.807, 2.05) is 0 Å². The maximum atomic E-state index is 12.9. The number of amides is 2. The summed E-state index contributed by atoms with van der Waals surface area (Å²) in [5.74, 6) is -0.989. The van der Waals surface area contributed by atoms with Crippen LogP contribution in [0.5, 0.6) is 5.75 Å². The molecule has 0 fully saturated rings. The van der Waals surface area contributed by atoms with Gasteiger partial charge in [-0.25, -0.2) is 4.39 Å². The van der Waals surface area contributed by atoms with Crippen molar-refractivity contribution in [3.63, 3.8) is 0 Å². The standard InChI is InChI=1S/C20H15FN2O3/c21-15-5-1-13(2-6-15)19(25)22-16-7-9-17(10-8-16)23-20(26)14-3-11-18(24)12-4-14/h1-12,24H,(H,22,25)(H,23,26). The summed E-state index contributed by atoms with van der Waals surface area (Å²) in [6, 6.07) is 17.7. The molecule has 6 heteroatoms. The highest BCUT2D eigenvalue weighted by Gasteiger charge is 2.08. The van der Waals surface area contributed by atoms with Crippen molar-refractivity contribution < 1.29 is 19.1 Å². The van der Waals surface area contributed by atoms with Gasteiger partial charge in [0.15, 0.2) is 0 Å². The lowest BCUT2D eigenvalue weighted by Crippen LogP contribution is -2.13. The summed E-state index contributed by atoms with van der Waals surface area (Å²) < 4.78 is 12.9. The van der Waals surface area contributed by atoms with Crippen LogP contribution in [0, 0.1) is 5.82 Å². The van der Waals surface area contributed by atoms with E-state index in [9.17, 15) is 19.1 Å². The second-order valence-electron chi connectivity index (χ2n) is 5.54. The van der Waals surface area contributed by atoms with E-state index < -0.39 is 5.82 Å². The van der Waals surface area contributed by atoms with Gasteiger partial charge in [0.2, 0.25) is 0 Å². The van der Waals surface area contributed by atoms with Gasteiger partial charge in [-0.15, -0.1) is 0 Å². The van der Waals surface area contributed by atoms with Crippen molar-refractivity contribution in [2.75, 3.05) is 10.6 Å². The zero-order valence-electron chi connectivity index (χ0n) is 13.6. The van der Waals surface area contributed by atoms with Gasteiger partial charge in [0.25, 0.3) is 11.8 Å². The molecular weight excluding hydrogens is 335 g/mol. The van der Waals surface area contributed by atoms with Crippen LogP contribution in [0.2, 0.25) is 0 Å². The Balaban J connectivity index is 1.62. The van der Waals surface area contributed by atoms with Crippen molar-refractivity contribution in [1.82, 2.24) is 0 Å². The average molecular weight is 350 g/mol. The molecule has 0 unspecified atom stereocenters. The van der Waals surface area contributed by atoms with Crippen LogP contribution in [0.15, 0.2) is 72.8 Å². The lowest BCUT2D eigenvalue weighted by atomic mass is 10.2. The molecule has 0 aliphatic heterocycles. The van der Waals surface area contributed by atoms with Crippen LogP contribution in [0.25, 0.3) is 0 Å². The Kier molecular flexibility index (Phi) is 4.94. The molecular formula is C20H15FN2O3. The fourth-order valence-corrected chi connectivity index (χ4v) is 2.26. The van der Waals surface area contributed by atoms with Gasteiger partial charge < -0.3 is 15.7 Å². The predicted molar refractivity (Wildman–Crippen MR) is 96.9 cm³/mol. The predicted octanol–water partition coefficient (Wildman–Crippen LogP) is 4.04. The number of carbonyl (C=O) groups is 2. The molecule has 0 radical (unpaired) electrons. The Morgan fingerprint density at radius 2 is 1.04 bits per heavy atom. The Hall–Kier alpha value is -3.67. The molecule has 26 heavy (non-hydrogen) atoms. The summed E-state index contributed by atoms with van der Waals surface area (Å²) in [6.45, 7) is 0. The lowest BCUT2D eigenvalue weighted by Gasteiger charge is -2.08. The van der Waals surface area contributed by atoms with Crippen molar-refractivity contribution in [3.05, 3.63) is 89.7 Å². The molecule has 0 saturated heterocycles. The number of aromatic hydroxyl groups is 1. The molecule has 3 aromatic carbocycles. The first-order valence-corrected chi connectivity index (χ1v) is 7.78. The van der Waals surface area contributed by atoms with Crippen molar-refractivity contribution in [3.8, 4) is 5.75 Å². The van der Waals surface area contributed by atoms with E-state index in [1.165, 1.54) is 48.5 Å². The van der Waals surface area contributed by atoms with E-state index in [0.29, 0.717) is 22.5 Å². The fraction of sp³-hybridized carbons (Fsp3) is 0. The van der Waals surface area contributed by atoms with Gasteiger partial charge in [-0.2, -0.15) is 0 Å². The van der Waals surface area contributed by atoms with E-state index in [-0.39, 0.29) is 17.6 Å². The van der Waals surface area contributed by atoms with Gasteiger partial charge in [-0.3, -0.25) is 9.59 Å². The van der Waals surface area contributed by atoms with Crippen LogP contribution in [0.1, 0.15) is 20.7 Å². The summed E-state index contributed by atoms with van der Waals surface area (Å²) in [4.78, 5) is 24.2. The van der Waals surface area contributed by atoms with E-state index in [0.717, 1.165) is 0 Å². The third-order valence-corrected chi connectivity index (χ3v) is 3.64. The monoisotopic (exact) mass is 350 g/mol. The largest absolute Gasteiger partial charge is 0.508 e. The van der Waals surface area contributed by atoms with Crippen molar-refractivity contribution in [2.24, 2.45) is 0 Å². The molecule has 0 saturated carbocycles. The first-order chi connectivity index (χ1) is 12.5. The van der Waals surface area contributed by atoms with E-state index in [2.05, 4.69) is 10.6 Å². The highest BCUT2D eigenvalue weighted by Crippen LogP contribution is 2.17. The van der Waals surface area contributed by atoms with Gasteiger partial charge in [-0.1, -0.05) is 0 Å². The summed E-state index contributed by atoms with van der Waals surface area (Å²) in [7, 11) is 0. The molecule has 3 rings (SSSR count). The van der Waals surface area contributed by atoms with Crippen LogP contribution in [-0.4, -0.2) is 16.9 Å². The summed E-state index contributed by atoms with van der Waals surface area (Å²) >= 11 is 0. The van der Waals surface area contributed by atoms with Crippen LogP contribution in [0.3, 0.4) is 0 Å². The SMILES string of the molecule is O=C(Nc1ccc(NC(=O)c2ccc(F)cc2)cc1)c1ccc(O)cc1. The Bertz CT molecular complexity index is 842. The molecule has 0 bridgehead atoms. The van der Waals surface area contributed by atoms with Crippen LogP contribution < -0.4 is 10.6 Å². The van der Waals surface area contributed by atoms with Gasteiger partial charge in [0.05, 0.1) is 0 Å². The Morgan fingerprint density at radius 1 is 0.654 bits per heavy atom. The summed E-state index contributed by atoms with van der Waals surface area (Å²) in [5.41, 5.74) is 1.86. The average Bonchev–Trinajstić information content (AvgIpc) is 2.64. The number of nitrogens with one attached hydrogen (secondary N) is 2. The maximum Gasteiger partial charge on any atom is 0.255 e. The number of carbonyl (C=O) groups excluding carboxylic acids is 2. The van der Waals surface area contributed by atoms with Gasteiger partial charge in [0, 0.05) is 22.5 Å². The van der Waals surface area contributed by atoms with E-state index in [4.69, 9.17) is 0 Å². The number of rotatable bonds is 4. The fourth-order valence-electron chi connectivity index (χ4n) is 2.26.